The third-order valence-electron chi connectivity index (χ3n) is 9.55. The molecule has 8 saturated carbocycles. The van der Waals surface area contributed by atoms with Gasteiger partial charge < -0.3 is 0 Å². The molecule has 0 aromatic heterocycles. The summed E-state index contributed by atoms with van der Waals surface area (Å²) >= 11 is 26.8. The third-order valence-corrected chi connectivity index (χ3v) is 21.5. The minimum Gasteiger partial charge on any atom is -0.248 e. The zero-order valence-electron chi connectivity index (χ0n) is 18.1. The summed E-state index contributed by atoms with van der Waals surface area (Å²) in [6.07, 6.45) is 15.6. The van der Waals surface area contributed by atoms with Crippen LogP contribution in [0.25, 0.3) is 0 Å². The van der Waals surface area contributed by atoms with Gasteiger partial charge in [-0.3, -0.25) is 0 Å². The van der Waals surface area contributed by atoms with Crippen LogP contribution in [0, 0.1) is 35.5 Å². The minimum atomic E-state index is -2.99. The lowest BCUT2D eigenvalue weighted by Gasteiger charge is -2.60. The van der Waals surface area contributed by atoms with Crippen LogP contribution in [0.4, 0.5) is 0 Å². The number of nitrogens with zero attached hydrogens (tertiary/aromatic N) is 3. The maximum Gasteiger partial charge on any atom is 0.257 e. The third kappa shape index (κ3) is 4.09. The topological polar surface area (TPSA) is 61.1 Å². The number of rotatable bonds is 4. The highest BCUT2D eigenvalue weighted by Gasteiger charge is 2.57. The van der Waals surface area contributed by atoms with Crippen LogP contribution in [0.3, 0.4) is 0 Å². The first-order chi connectivity index (χ1) is 15.0. The Labute approximate surface area is 210 Å². The fraction of sp³-hybridized carbons (Fsp3) is 1.00. The first-order valence-corrected chi connectivity index (χ1v) is 21.0. The Morgan fingerprint density at radius 2 is 0.812 bits per heavy atom. The van der Waals surface area contributed by atoms with Crippen LogP contribution in [0.5, 0.6) is 0 Å². The van der Waals surface area contributed by atoms with Crippen molar-refractivity contribution in [2.75, 3.05) is 0 Å². The van der Waals surface area contributed by atoms with Crippen LogP contribution in [-0.4, -0.2) is 11.1 Å². The Hall–Kier alpha value is 1.77. The predicted molar refractivity (Wildman–Crippen MR) is 140 cm³/mol. The summed E-state index contributed by atoms with van der Waals surface area (Å²) in [5.41, 5.74) is 0.118. The van der Waals surface area contributed by atoms with Crippen LogP contribution in [-0.2, 0) is 0 Å². The number of hydrogen-bond donors (Lipinski definition) is 2. The zero-order chi connectivity index (χ0) is 22.0. The molecule has 0 aromatic rings. The van der Waals surface area contributed by atoms with Gasteiger partial charge in [-0.1, -0.05) is 0 Å². The Morgan fingerprint density at radius 1 is 0.500 bits per heavy atom. The van der Waals surface area contributed by atoms with Crippen molar-refractivity contribution < 1.29 is 0 Å². The number of nitrogens with one attached hydrogen (secondary N) is 2. The highest BCUT2D eigenvalue weighted by atomic mass is 35.9. The van der Waals surface area contributed by atoms with E-state index in [2.05, 4.69) is 14.7 Å². The average molecular weight is 577 g/mol. The first-order valence-electron chi connectivity index (χ1n) is 12.3. The van der Waals surface area contributed by atoms with Gasteiger partial charge in [0.2, 0.25) is 7.51 Å². The number of hydrogen-bond acceptors (Lipinski definition) is 5. The van der Waals surface area contributed by atoms with E-state index < -0.39 is 19.3 Å². The summed E-state index contributed by atoms with van der Waals surface area (Å²) in [6.45, 7) is 0. The molecule has 1 heterocycles. The van der Waals surface area contributed by atoms with Crippen LogP contribution in [0.2, 0.25) is 0 Å². The molecule has 0 spiro atoms. The molecule has 2 N–H and O–H groups in total. The van der Waals surface area contributed by atoms with Crippen molar-refractivity contribution >= 4 is 64.3 Å². The van der Waals surface area contributed by atoms with Gasteiger partial charge in [-0.15, -0.1) is 0 Å². The largest absolute Gasteiger partial charge is 0.257 e. The highest BCUT2D eigenvalue weighted by Crippen LogP contribution is 2.84. The van der Waals surface area contributed by atoms with E-state index >= 15 is 0 Å². The molecule has 8 aliphatic carbocycles. The second-order valence-electron chi connectivity index (χ2n) is 12.4. The summed E-state index contributed by atoms with van der Waals surface area (Å²) in [7, 11) is -2.70. The normalized spacial score (nSPS) is 55.9. The van der Waals surface area contributed by atoms with Gasteiger partial charge in [-0.05, 0) is 158 Å². The monoisotopic (exact) mass is 575 g/mol. The van der Waals surface area contributed by atoms with E-state index in [1.54, 1.807) is 0 Å². The van der Waals surface area contributed by atoms with E-state index in [1.165, 1.54) is 77.0 Å². The average Bonchev–Trinajstić information content (AvgIpc) is 2.54. The molecule has 0 unspecified atom stereocenters. The quantitative estimate of drug-likeness (QED) is 0.327. The molecule has 180 valence electrons. The molecular formula is C20H32Cl4N5P3. The molecule has 9 aliphatic rings. The Balaban J connectivity index is 1.31. The van der Waals surface area contributed by atoms with E-state index in [1.807, 2.05) is 0 Å². The molecule has 5 nitrogen and oxygen atoms in total. The molecule has 0 atom stereocenters. The van der Waals surface area contributed by atoms with E-state index in [-0.39, 0.29) is 11.1 Å². The van der Waals surface area contributed by atoms with E-state index in [0.717, 1.165) is 35.5 Å². The van der Waals surface area contributed by atoms with Crippen LogP contribution in [0.1, 0.15) is 77.0 Å². The summed E-state index contributed by atoms with van der Waals surface area (Å²) in [6, 6.07) is 0. The van der Waals surface area contributed by atoms with Gasteiger partial charge >= 0.3 is 0 Å². The molecule has 9 rings (SSSR count). The standard InChI is InChI=1S/C20H32Cl4N5P3/c21-30(22)27-31(23,24)29-32(28-30,25-19-7-13-1-14(8-19)3-15(2-13)9-19)26-20-10-16-4-17(11-20)6-18(5-16)12-20/h13-18,25-26H,1-12H2. The molecule has 0 amide bonds. The molecule has 1 aliphatic heterocycles. The van der Waals surface area contributed by atoms with Crippen molar-refractivity contribution in [3.63, 3.8) is 0 Å². The first kappa shape index (κ1) is 22.9. The van der Waals surface area contributed by atoms with Gasteiger partial charge in [-0.25, -0.2) is 10.2 Å². The molecule has 8 fully saturated rings. The fourth-order valence-corrected chi connectivity index (χ4v) is 25.6. The molecule has 32 heavy (non-hydrogen) atoms. The Bertz CT molecular complexity index is 889. The van der Waals surface area contributed by atoms with Crippen molar-refractivity contribution in [2.45, 2.75) is 88.1 Å². The van der Waals surface area contributed by atoms with Crippen molar-refractivity contribution in [1.29, 1.82) is 0 Å². The summed E-state index contributed by atoms with van der Waals surface area (Å²) < 4.78 is 14.4. The lowest BCUT2D eigenvalue weighted by atomic mass is 9.53. The lowest BCUT2D eigenvalue weighted by molar-refractivity contribution is -0.0136. The molecular weight excluding hydrogens is 545 g/mol. The van der Waals surface area contributed by atoms with Gasteiger partial charge in [0.25, 0.3) is 11.8 Å². The van der Waals surface area contributed by atoms with Gasteiger partial charge in [0.15, 0.2) is 0 Å². The second kappa shape index (κ2) is 7.42. The second-order valence-corrected chi connectivity index (χ2v) is 24.7. The van der Waals surface area contributed by atoms with Gasteiger partial charge in [0.1, 0.15) is 0 Å². The zero-order valence-corrected chi connectivity index (χ0v) is 23.9. The lowest BCUT2D eigenvalue weighted by Crippen LogP contribution is -2.61. The Morgan fingerprint density at radius 3 is 1.12 bits per heavy atom. The van der Waals surface area contributed by atoms with Crippen molar-refractivity contribution in [3.8, 4) is 0 Å². The van der Waals surface area contributed by atoms with Crippen LogP contribution >= 0.6 is 64.3 Å². The van der Waals surface area contributed by atoms with Gasteiger partial charge in [0, 0.05) is 11.1 Å². The van der Waals surface area contributed by atoms with Crippen molar-refractivity contribution in [3.05, 3.63) is 0 Å². The SMILES string of the molecule is ClP1(Cl)=NP(Cl)(Cl)=NP(NC23CC4CC(CC(C4)C2)C3)(NC23CC4CC(CC(C4)C2)C3)=N1. The highest BCUT2D eigenvalue weighted by molar-refractivity contribution is 8.20. The van der Waals surface area contributed by atoms with Gasteiger partial charge in [0.05, 0.1) is 0 Å². The Kier molecular flexibility index (Phi) is 5.32. The molecule has 0 aromatic carbocycles. The molecule has 8 bridgehead atoms. The van der Waals surface area contributed by atoms with Gasteiger partial charge in [-0.2, -0.15) is 13.5 Å². The van der Waals surface area contributed by atoms with Crippen molar-refractivity contribution in [2.24, 2.45) is 49.1 Å². The smallest absolute Gasteiger partial charge is 0.248 e. The summed E-state index contributed by atoms with van der Waals surface area (Å²) in [5, 5.41) is 8.18. The molecule has 0 saturated heterocycles. The maximum atomic E-state index is 6.70. The predicted octanol–water partition coefficient (Wildman–Crippen LogP) is 9.91. The summed E-state index contributed by atoms with van der Waals surface area (Å²) in [5.74, 6) is -1.05. The number of halogens is 4. The minimum absolute atomic E-state index is 0.0592. The maximum absolute atomic E-state index is 6.70. The molecule has 0 radical (unpaired) electrons. The van der Waals surface area contributed by atoms with Crippen LogP contribution in [0.15, 0.2) is 13.5 Å². The molecule has 12 heteroatoms. The summed E-state index contributed by atoms with van der Waals surface area (Å²) in [4.78, 5) is 0. The van der Waals surface area contributed by atoms with Crippen molar-refractivity contribution in [1.82, 2.24) is 10.2 Å². The van der Waals surface area contributed by atoms with E-state index in [9.17, 15) is 0 Å². The fourth-order valence-electron chi connectivity index (χ4n) is 9.77. The van der Waals surface area contributed by atoms with E-state index in [4.69, 9.17) is 54.0 Å². The van der Waals surface area contributed by atoms with E-state index in [0.29, 0.717) is 0 Å². The van der Waals surface area contributed by atoms with Crippen LogP contribution < -0.4 is 10.2 Å².